The lowest BCUT2D eigenvalue weighted by molar-refractivity contribution is 0.00903. The van der Waals surface area contributed by atoms with Gasteiger partial charge >= 0.3 is 0 Å². The van der Waals surface area contributed by atoms with Crippen molar-refractivity contribution in [1.82, 2.24) is 0 Å². The highest BCUT2D eigenvalue weighted by molar-refractivity contribution is 5.28. The van der Waals surface area contributed by atoms with E-state index in [0.717, 1.165) is 12.0 Å². The number of hydrogen-bond acceptors (Lipinski definition) is 1. The Morgan fingerprint density at radius 1 is 1.12 bits per heavy atom. The molecular weight excluding hydrogens is 196 g/mol. The first-order valence-corrected chi connectivity index (χ1v) is 6.22. The molecule has 1 aromatic carbocycles. The molecule has 2 atom stereocenters. The van der Waals surface area contributed by atoms with Crippen molar-refractivity contribution in [3.8, 4) is 0 Å². The van der Waals surface area contributed by atoms with Gasteiger partial charge in [-0.25, -0.2) is 0 Å². The molecule has 0 saturated carbocycles. The Hall–Kier alpha value is -0.820. The minimum Gasteiger partial charge on any atom is -0.385 e. The zero-order valence-corrected chi connectivity index (χ0v) is 11.1. The van der Waals surface area contributed by atoms with E-state index >= 15 is 0 Å². The Labute approximate surface area is 99.5 Å². The fourth-order valence-electron chi connectivity index (χ4n) is 1.72. The zero-order valence-electron chi connectivity index (χ0n) is 11.1. The lowest BCUT2D eigenvalue weighted by Crippen LogP contribution is -2.27. The van der Waals surface area contributed by atoms with Crippen LogP contribution in [0.25, 0.3) is 0 Å². The van der Waals surface area contributed by atoms with Crippen molar-refractivity contribution in [2.24, 2.45) is 5.92 Å². The molecule has 0 radical (unpaired) electrons. The summed E-state index contributed by atoms with van der Waals surface area (Å²) in [5.41, 5.74) is 1.63. The molecule has 0 amide bonds. The van der Waals surface area contributed by atoms with Crippen LogP contribution < -0.4 is 0 Å². The summed E-state index contributed by atoms with van der Waals surface area (Å²) in [4.78, 5) is 0. The molecule has 0 heterocycles. The predicted octanol–water partition coefficient (Wildman–Crippen LogP) is 4.06. The van der Waals surface area contributed by atoms with Gasteiger partial charge in [-0.15, -0.1) is 0 Å². The van der Waals surface area contributed by atoms with E-state index in [9.17, 15) is 5.11 Å². The molecule has 0 saturated heterocycles. The van der Waals surface area contributed by atoms with Gasteiger partial charge in [0.05, 0.1) is 5.60 Å². The molecule has 0 bridgehead atoms. The SMILES string of the molecule is CCC(C)c1ccc(C(C)(O)C(C)C)cc1. The van der Waals surface area contributed by atoms with Gasteiger partial charge in [0.25, 0.3) is 0 Å². The van der Waals surface area contributed by atoms with Crippen molar-refractivity contribution in [2.75, 3.05) is 0 Å². The van der Waals surface area contributed by atoms with Gasteiger partial charge in [-0.1, -0.05) is 52.0 Å². The average Bonchev–Trinajstić information content (AvgIpc) is 2.28. The highest BCUT2D eigenvalue weighted by Gasteiger charge is 2.26. The third kappa shape index (κ3) is 2.65. The molecule has 1 nitrogen and oxygen atoms in total. The molecule has 0 aliphatic carbocycles. The van der Waals surface area contributed by atoms with Crippen LogP contribution in [0.3, 0.4) is 0 Å². The maximum Gasteiger partial charge on any atom is 0.0891 e. The predicted molar refractivity (Wildman–Crippen MR) is 69.6 cm³/mol. The summed E-state index contributed by atoms with van der Waals surface area (Å²) in [6.07, 6.45) is 1.15. The first-order chi connectivity index (χ1) is 7.39. The van der Waals surface area contributed by atoms with Gasteiger partial charge in [0.15, 0.2) is 0 Å². The summed E-state index contributed by atoms with van der Waals surface area (Å²) in [6.45, 7) is 10.4. The Kier molecular flexibility index (Phi) is 4.15. The lowest BCUT2D eigenvalue weighted by Gasteiger charge is -2.28. The third-order valence-corrected chi connectivity index (χ3v) is 3.80. The molecule has 0 aliphatic heterocycles. The second-order valence-corrected chi connectivity index (χ2v) is 5.23. The molecule has 1 heteroatoms. The molecule has 16 heavy (non-hydrogen) atoms. The molecule has 90 valence electrons. The molecule has 0 aliphatic rings. The largest absolute Gasteiger partial charge is 0.385 e. The summed E-state index contributed by atoms with van der Waals surface area (Å²) >= 11 is 0. The van der Waals surface area contributed by atoms with Crippen molar-refractivity contribution < 1.29 is 5.11 Å². The van der Waals surface area contributed by atoms with Crippen LogP contribution in [0.4, 0.5) is 0 Å². The smallest absolute Gasteiger partial charge is 0.0891 e. The van der Waals surface area contributed by atoms with Crippen molar-refractivity contribution in [3.05, 3.63) is 35.4 Å². The van der Waals surface area contributed by atoms with E-state index < -0.39 is 5.60 Å². The second kappa shape index (κ2) is 5.01. The van der Waals surface area contributed by atoms with Gasteiger partial charge in [-0.2, -0.15) is 0 Å². The molecular formula is C15H24O. The zero-order chi connectivity index (χ0) is 12.3. The van der Waals surface area contributed by atoms with Crippen LogP contribution in [-0.4, -0.2) is 5.11 Å². The van der Waals surface area contributed by atoms with E-state index in [4.69, 9.17) is 0 Å². The second-order valence-electron chi connectivity index (χ2n) is 5.23. The third-order valence-electron chi connectivity index (χ3n) is 3.80. The van der Waals surface area contributed by atoms with E-state index in [1.165, 1.54) is 5.56 Å². The van der Waals surface area contributed by atoms with E-state index in [0.29, 0.717) is 5.92 Å². The van der Waals surface area contributed by atoms with Crippen LogP contribution in [0, 0.1) is 5.92 Å². The fourth-order valence-corrected chi connectivity index (χ4v) is 1.72. The number of hydrogen-bond donors (Lipinski definition) is 1. The van der Waals surface area contributed by atoms with Crippen LogP contribution >= 0.6 is 0 Å². The Morgan fingerprint density at radius 2 is 1.62 bits per heavy atom. The summed E-state index contributed by atoms with van der Waals surface area (Å²) in [6, 6.07) is 8.39. The van der Waals surface area contributed by atoms with Crippen molar-refractivity contribution in [1.29, 1.82) is 0 Å². The minimum atomic E-state index is -0.728. The highest BCUT2D eigenvalue weighted by Crippen LogP contribution is 2.30. The molecule has 0 aromatic heterocycles. The van der Waals surface area contributed by atoms with Crippen LogP contribution in [0.1, 0.15) is 58.1 Å². The lowest BCUT2D eigenvalue weighted by atomic mass is 9.84. The number of rotatable bonds is 4. The van der Waals surface area contributed by atoms with Gasteiger partial charge in [-0.05, 0) is 36.3 Å². The average molecular weight is 220 g/mol. The van der Waals surface area contributed by atoms with E-state index in [-0.39, 0.29) is 5.92 Å². The highest BCUT2D eigenvalue weighted by atomic mass is 16.3. The van der Waals surface area contributed by atoms with E-state index in [1.54, 1.807) is 0 Å². The topological polar surface area (TPSA) is 20.2 Å². The Balaban J connectivity index is 2.95. The van der Waals surface area contributed by atoms with Gasteiger partial charge in [0.1, 0.15) is 0 Å². The first-order valence-electron chi connectivity index (χ1n) is 6.22. The van der Waals surface area contributed by atoms with Crippen LogP contribution in [0.2, 0.25) is 0 Å². The quantitative estimate of drug-likeness (QED) is 0.811. The summed E-state index contributed by atoms with van der Waals surface area (Å²) in [7, 11) is 0. The van der Waals surface area contributed by atoms with Gasteiger partial charge in [0.2, 0.25) is 0 Å². The van der Waals surface area contributed by atoms with Crippen molar-refractivity contribution >= 4 is 0 Å². The molecule has 1 aromatic rings. The normalized spacial score (nSPS) is 17.2. The fraction of sp³-hybridized carbons (Fsp3) is 0.600. The van der Waals surface area contributed by atoms with Gasteiger partial charge < -0.3 is 5.11 Å². The first kappa shape index (κ1) is 13.2. The molecule has 0 spiro atoms. The maximum absolute atomic E-state index is 10.3. The summed E-state index contributed by atoms with van der Waals surface area (Å²) in [5, 5.41) is 10.3. The molecule has 2 unspecified atom stereocenters. The summed E-state index contributed by atoms with van der Waals surface area (Å²) in [5.74, 6) is 0.819. The van der Waals surface area contributed by atoms with Crippen LogP contribution in [-0.2, 0) is 5.60 Å². The van der Waals surface area contributed by atoms with Gasteiger partial charge in [-0.3, -0.25) is 0 Å². The minimum absolute atomic E-state index is 0.224. The molecule has 0 fully saturated rings. The van der Waals surface area contributed by atoms with Crippen molar-refractivity contribution in [3.63, 3.8) is 0 Å². The Bertz CT molecular complexity index is 322. The Morgan fingerprint density at radius 3 is 2.00 bits per heavy atom. The van der Waals surface area contributed by atoms with Crippen LogP contribution in [0.15, 0.2) is 24.3 Å². The maximum atomic E-state index is 10.3. The van der Waals surface area contributed by atoms with Gasteiger partial charge in [0, 0.05) is 0 Å². The van der Waals surface area contributed by atoms with E-state index in [1.807, 2.05) is 20.8 Å². The standard InChI is InChI=1S/C15H24O/c1-6-12(4)13-7-9-14(10-8-13)15(5,16)11(2)3/h7-12,16H,6H2,1-5H3. The molecule has 1 N–H and O–H groups in total. The number of benzene rings is 1. The van der Waals surface area contributed by atoms with Crippen LogP contribution in [0.5, 0.6) is 0 Å². The number of aliphatic hydroxyl groups is 1. The summed E-state index contributed by atoms with van der Waals surface area (Å²) < 4.78 is 0. The van der Waals surface area contributed by atoms with E-state index in [2.05, 4.69) is 38.1 Å². The van der Waals surface area contributed by atoms with Crippen molar-refractivity contribution in [2.45, 2.75) is 52.6 Å². The molecule has 1 rings (SSSR count). The monoisotopic (exact) mass is 220 g/mol.